The third kappa shape index (κ3) is 4.07. The lowest BCUT2D eigenvalue weighted by atomic mass is 10.0. The van der Waals surface area contributed by atoms with Crippen molar-refractivity contribution < 1.29 is 24.1 Å². The molecule has 0 unspecified atom stereocenters. The Hall–Kier alpha value is -3.78. The molecule has 0 atom stereocenters. The van der Waals surface area contributed by atoms with Gasteiger partial charge >= 0.3 is 5.97 Å². The molecule has 0 spiro atoms. The molecule has 0 saturated carbocycles. The number of hydrogen-bond acceptors (Lipinski definition) is 4. The number of benzene rings is 3. The van der Waals surface area contributed by atoms with Crippen molar-refractivity contribution in [3.63, 3.8) is 0 Å². The van der Waals surface area contributed by atoms with Gasteiger partial charge in [-0.05, 0) is 55.0 Å². The molecule has 4 nitrogen and oxygen atoms in total. The quantitative estimate of drug-likeness (QED) is 0.312. The molecule has 2 N–H and O–H groups in total. The van der Waals surface area contributed by atoms with E-state index in [1.54, 1.807) is 43.3 Å². The number of carbonyl (C=O) groups excluding carboxylic acids is 1. The molecule has 134 valence electrons. The fourth-order valence-corrected chi connectivity index (χ4v) is 2.49. The minimum absolute atomic E-state index is 0.0908. The SMILES string of the molecule is CC#Cc1ccc(-c2ccc(OC(=O)c3ccc(O)c(O)c3)cc2)c(F)c1. The van der Waals surface area contributed by atoms with E-state index >= 15 is 0 Å². The minimum atomic E-state index is -0.688. The van der Waals surface area contributed by atoms with Gasteiger partial charge in [0.25, 0.3) is 0 Å². The Morgan fingerprint density at radius 3 is 2.33 bits per heavy atom. The van der Waals surface area contributed by atoms with E-state index in [1.165, 1.54) is 18.2 Å². The van der Waals surface area contributed by atoms with Gasteiger partial charge in [0.1, 0.15) is 11.6 Å². The van der Waals surface area contributed by atoms with Gasteiger partial charge in [-0.1, -0.05) is 24.1 Å². The fraction of sp³-hybridized carbons (Fsp3) is 0.0455. The summed E-state index contributed by atoms with van der Waals surface area (Å²) in [6.45, 7) is 1.69. The molecule has 0 saturated heterocycles. The summed E-state index contributed by atoms with van der Waals surface area (Å²) in [5.41, 5.74) is 1.73. The summed E-state index contributed by atoms with van der Waals surface area (Å²) in [5, 5.41) is 18.7. The van der Waals surface area contributed by atoms with E-state index in [0.29, 0.717) is 16.7 Å². The average Bonchev–Trinajstić information content (AvgIpc) is 2.65. The molecule has 0 aliphatic heterocycles. The lowest BCUT2D eigenvalue weighted by molar-refractivity contribution is 0.0734. The molecule has 0 fully saturated rings. The van der Waals surface area contributed by atoms with Gasteiger partial charge in [-0.3, -0.25) is 0 Å². The maximum atomic E-state index is 14.3. The number of carbonyl (C=O) groups is 1. The molecular formula is C22H15FO4. The van der Waals surface area contributed by atoms with Crippen molar-refractivity contribution in [1.82, 2.24) is 0 Å². The van der Waals surface area contributed by atoms with Crippen molar-refractivity contribution in [1.29, 1.82) is 0 Å². The predicted octanol–water partition coefficient (Wildman–Crippen LogP) is 4.49. The van der Waals surface area contributed by atoms with Gasteiger partial charge in [0.2, 0.25) is 0 Å². The van der Waals surface area contributed by atoms with Gasteiger partial charge in [0.15, 0.2) is 11.5 Å². The van der Waals surface area contributed by atoms with Crippen LogP contribution in [0, 0.1) is 17.7 Å². The normalized spacial score (nSPS) is 10.0. The zero-order chi connectivity index (χ0) is 19.4. The molecule has 0 aromatic heterocycles. The molecule has 3 rings (SSSR count). The van der Waals surface area contributed by atoms with E-state index in [-0.39, 0.29) is 22.9 Å². The summed E-state index contributed by atoms with van der Waals surface area (Å²) in [4.78, 5) is 12.1. The van der Waals surface area contributed by atoms with Crippen molar-refractivity contribution in [3.05, 3.63) is 77.6 Å². The largest absolute Gasteiger partial charge is 0.504 e. The van der Waals surface area contributed by atoms with Crippen LogP contribution in [-0.2, 0) is 0 Å². The van der Waals surface area contributed by atoms with Gasteiger partial charge in [0, 0.05) is 11.1 Å². The van der Waals surface area contributed by atoms with Crippen LogP contribution in [0.15, 0.2) is 60.7 Å². The highest BCUT2D eigenvalue weighted by Gasteiger charge is 2.12. The Kier molecular flexibility index (Phi) is 5.09. The van der Waals surface area contributed by atoms with Crippen molar-refractivity contribution >= 4 is 5.97 Å². The van der Waals surface area contributed by atoms with E-state index in [4.69, 9.17) is 4.74 Å². The highest BCUT2D eigenvalue weighted by Crippen LogP contribution is 2.27. The maximum Gasteiger partial charge on any atom is 0.343 e. The van der Waals surface area contributed by atoms with Gasteiger partial charge in [-0.25, -0.2) is 9.18 Å². The lowest BCUT2D eigenvalue weighted by Crippen LogP contribution is -2.08. The zero-order valence-electron chi connectivity index (χ0n) is 14.4. The lowest BCUT2D eigenvalue weighted by Gasteiger charge is -2.08. The van der Waals surface area contributed by atoms with E-state index in [1.807, 2.05) is 0 Å². The van der Waals surface area contributed by atoms with E-state index in [0.717, 1.165) is 6.07 Å². The molecule has 0 aliphatic rings. The van der Waals surface area contributed by atoms with Crippen LogP contribution in [0.4, 0.5) is 4.39 Å². The highest BCUT2D eigenvalue weighted by atomic mass is 19.1. The Balaban J connectivity index is 1.78. The predicted molar refractivity (Wildman–Crippen MR) is 99.1 cm³/mol. The molecule has 27 heavy (non-hydrogen) atoms. The van der Waals surface area contributed by atoms with Crippen LogP contribution in [0.25, 0.3) is 11.1 Å². The first-order valence-electron chi connectivity index (χ1n) is 8.05. The molecule has 3 aromatic carbocycles. The average molecular weight is 362 g/mol. The van der Waals surface area contributed by atoms with Crippen LogP contribution in [0.1, 0.15) is 22.8 Å². The first kappa shape index (κ1) is 18.0. The van der Waals surface area contributed by atoms with E-state index in [9.17, 15) is 19.4 Å². The summed E-state index contributed by atoms with van der Waals surface area (Å²) in [7, 11) is 0. The first-order chi connectivity index (χ1) is 13.0. The van der Waals surface area contributed by atoms with Crippen LogP contribution in [0.3, 0.4) is 0 Å². The second-order valence-corrected chi connectivity index (χ2v) is 5.69. The van der Waals surface area contributed by atoms with E-state index < -0.39 is 11.7 Å². The summed E-state index contributed by atoms with van der Waals surface area (Å²) in [6, 6.07) is 14.8. The van der Waals surface area contributed by atoms with Crippen LogP contribution in [0.2, 0.25) is 0 Å². The van der Waals surface area contributed by atoms with Crippen molar-refractivity contribution in [2.24, 2.45) is 0 Å². The smallest absolute Gasteiger partial charge is 0.343 e. The molecule has 3 aromatic rings. The molecular weight excluding hydrogens is 347 g/mol. The number of phenolic OH excluding ortho intramolecular Hbond substituents is 2. The Morgan fingerprint density at radius 1 is 0.963 bits per heavy atom. The minimum Gasteiger partial charge on any atom is -0.504 e. The van der Waals surface area contributed by atoms with Crippen molar-refractivity contribution in [2.75, 3.05) is 0 Å². The van der Waals surface area contributed by atoms with Gasteiger partial charge < -0.3 is 14.9 Å². The first-order valence-corrected chi connectivity index (χ1v) is 8.05. The summed E-state index contributed by atoms with van der Waals surface area (Å²) < 4.78 is 19.5. The Morgan fingerprint density at radius 2 is 1.70 bits per heavy atom. The Bertz CT molecular complexity index is 1060. The number of rotatable bonds is 3. The Labute approximate surface area is 155 Å². The summed E-state index contributed by atoms with van der Waals surface area (Å²) >= 11 is 0. The van der Waals surface area contributed by atoms with Crippen molar-refractivity contribution in [2.45, 2.75) is 6.92 Å². The molecule has 0 amide bonds. The molecule has 0 radical (unpaired) electrons. The van der Waals surface area contributed by atoms with Crippen LogP contribution >= 0.6 is 0 Å². The topological polar surface area (TPSA) is 66.8 Å². The second-order valence-electron chi connectivity index (χ2n) is 5.69. The van der Waals surface area contributed by atoms with Crippen LogP contribution < -0.4 is 4.74 Å². The molecule has 5 heteroatoms. The number of esters is 1. The summed E-state index contributed by atoms with van der Waals surface area (Å²) in [6.07, 6.45) is 0. The number of halogens is 1. The third-order valence-corrected chi connectivity index (χ3v) is 3.83. The second kappa shape index (κ2) is 7.63. The number of aromatic hydroxyl groups is 2. The number of ether oxygens (including phenoxy) is 1. The highest BCUT2D eigenvalue weighted by molar-refractivity contribution is 5.91. The number of phenols is 2. The number of hydrogen-bond donors (Lipinski definition) is 2. The summed E-state index contributed by atoms with van der Waals surface area (Å²) in [5.74, 6) is 3.98. The fourth-order valence-electron chi connectivity index (χ4n) is 2.49. The molecule has 0 aliphatic carbocycles. The van der Waals surface area contributed by atoms with Crippen LogP contribution in [0.5, 0.6) is 17.2 Å². The van der Waals surface area contributed by atoms with E-state index in [2.05, 4.69) is 11.8 Å². The maximum absolute atomic E-state index is 14.3. The zero-order valence-corrected chi connectivity index (χ0v) is 14.4. The van der Waals surface area contributed by atoms with Crippen molar-refractivity contribution in [3.8, 4) is 40.2 Å². The van der Waals surface area contributed by atoms with Crippen LogP contribution in [-0.4, -0.2) is 16.2 Å². The standard InChI is InChI=1S/C22H15FO4/c1-2-3-14-4-10-18(19(23)12-14)15-5-8-17(9-6-15)27-22(26)16-7-11-20(24)21(25)13-16/h4-13,24-25H,1H3. The van der Waals surface area contributed by atoms with Gasteiger partial charge in [-0.15, -0.1) is 5.92 Å². The monoisotopic (exact) mass is 362 g/mol. The van der Waals surface area contributed by atoms with Gasteiger partial charge in [0.05, 0.1) is 5.56 Å². The third-order valence-electron chi connectivity index (χ3n) is 3.83. The molecule has 0 heterocycles. The molecule has 0 bridgehead atoms. The van der Waals surface area contributed by atoms with Gasteiger partial charge in [-0.2, -0.15) is 0 Å².